The number of aromatic nitrogens is 2. The zero-order valence-corrected chi connectivity index (χ0v) is 13.2. The molecule has 0 amide bonds. The SMILES string of the molecule is Nc1nc(Cl)cc(N2CCOC(c3ccc(C(F)(F)F)cc3)C2)n1. The average molecular weight is 359 g/mol. The Morgan fingerprint density at radius 3 is 2.54 bits per heavy atom. The van der Waals surface area contributed by atoms with Crippen LogP contribution in [0.3, 0.4) is 0 Å². The highest BCUT2D eigenvalue weighted by atomic mass is 35.5. The van der Waals surface area contributed by atoms with Crippen LogP contribution in [-0.4, -0.2) is 29.7 Å². The molecule has 1 atom stereocenters. The number of nitrogen functional groups attached to an aromatic ring is 1. The topological polar surface area (TPSA) is 64.3 Å². The molecule has 1 aliphatic rings. The fourth-order valence-electron chi connectivity index (χ4n) is 2.53. The molecule has 1 aromatic heterocycles. The highest BCUT2D eigenvalue weighted by molar-refractivity contribution is 6.29. The molecule has 0 bridgehead atoms. The lowest BCUT2D eigenvalue weighted by Gasteiger charge is -2.34. The average Bonchev–Trinajstić information content (AvgIpc) is 2.53. The van der Waals surface area contributed by atoms with Gasteiger partial charge in [0, 0.05) is 19.2 Å². The summed E-state index contributed by atoms with van der Waals surface area (Å²) in [7, 11) is 0. The van der Waals surface area contributed by atoms with E-state index in [9.17, 15) is 13.2 Å². The van der Waals surface area contributed by atoms with Gasteiger partial charge in [-0.2, -0.15) is 18.2 Å². The van der Waals surface area contributed by atoms with Crippen LogP contribution in [0, 0.1) is 0 Å². The van der Waals surface area contributed by atoms with E-state index in [1.807, 2.05) is 4.90 Å². The number of morpholine rings is 1. The van der Waals surface area contributed by atoms with Crippen LogP contribution < -0.4 is 10.6 Å². The van der Waals surface area contributed by atoms with Gasteiger partial charge in [0.15, 0.2) is 0 Å². The number of alkyl halides is 3. The van der Waals surface area contributed by atoms with Gasteiger partial charge in [0.1, 0.15) is 17.1 Å². The molecule has 128 valence electrons. The van der Waals surface area contributed by atoms with E-state index in [4.69, 9.17) is 22.1 Å². The molecule has 0 aliphatic carbocycles. The fraction of sp³-hybridized carbons (Fsp3) is 0.333. The summed E-state index contributed by atoms with van der Waals surface area (Å²) < 4.78 is 43.6. The first-order valence-corrected chi connectivity index (χ1v) is 7.54. The lowest BCUT2D eigenvalue weighted by atomic mass is 10.1. The van der Waals surface area contributed by atoms with Crippen LogP contribution in [0.1, 0.15) is 17.2 Å². The van der Waals surface area contributed by atoms with Crippen molar-refractivity contribution in [1.82, 2.24) is 9.97 Å². The van der Waals surface area contributed by atoms with Crippen LogP contribution in [0.5, 0.6) is 0 Å². The minimum absolute atomic E-state index is 0.0649. The third-order valence-corrected chi connectivity index (χ3v) is 3.89. The second-order valence-corrected chi connectivity index (χ2v) is 5.72. The van der Waals surface area contributed by atoms with Crippen molar-refractivity contribution in [3.63, 3.8) is 0 Å². The number of halogens is 4. The zero-order valence-electron chi connectivity index (χ0n) is 12.4. The summed E-state index contributed by atoms with van der Waals surface area (Å²) in [6.45, 7) is 1.41. The standard InChI is InChI=1S/C15H14ClF3N4O/c16-12-7-13(22-14(20)21-12)23-5-6-24-11(8-23)9-1-3-10(4-2-9)15(17,18)19/h1-4,7,11H,5-6,8H2,(H2,20,21,22). The van der Waals surface area contributed by atoms with E-state index < -0.39 is 11.7 Å². The first kappa shape index (κ1) is 16.8. The normalized spacial score (nSPS) is 18.7. The van der Waals surface area contributed by atoms with Crippen molar-refractivity contribution < 1.29 is 17.9 Å². The zero-order chi connectivity index (χ0) is 17.3. The number of hydrogen-bond donors (Lipinski definition) is 1. The Labute approximate surface area is 141 Å². The monoisotopic (exact) mass is 358 g/mol. The van der Waals surface area contributed by atoms with Gasteiger partial charge in [-0.1, -0.05) is 23.7 Å². The van der Waals surface area contributed by atoms with E-state index in [1.54, 1.807) is 6.07 Å². The maximum absolute atomic E-state index is 12.6. The molecule has 1 aliphatic heterocycles. The number of hydrogen-bond acceptors (Lipinski definition) is 5. The van der Waals surface area contributed by atoms with E-state index >= 15 is 0 Å². The van der Waals surface area contributed by atoms with Gasteiger partial charge in [0.25, 0.3) is 0 Å². The third kappa shape index (κ3) is 3.70. The molecule has 1 aromatic carbocycles. The predicted octanol–water partition coefficient (Wildman–Crippen LogP) is 3.31. The molecule has 24 heavy (non-hydrogen) atoms. The molecule has 2 N–H and O–H groups in total. The number of anilines is 2. The minimum atomic E-state index is -4.35. The largest absolute Gasteiger partial charge is 0.416 e. The Kier molecular flexibility index (Phi) is 4.51. The Balaban J connectivity index is 1.78. The van der Waals surface area contributed by atoms with Gasteiger partial charge >= 0.3 is 6.18 Å². The molecule has 1 unspecified atom stereocenters. The molecule has 0 spiro atoms. The smallest absolute Gasteiger partial charge is 0.370 e. The van der Waals surface area contributed by atoms with E-state index in [2.05, 4.69) is 9.97 Å². The van der Waals surface area contributed by atoms with Crippen LogP contribution in [0.2, 0.25) is 5.15 Å². The summed E-state index contributed by atoms with van der Waals surface area (Å²) in [5.41, 5.74) is 5.58. The molecule has 2 heterocycles. The molecule has 3 rings (SSSR count). The van der Waals surface area contributed by atoms with Crippen molar-refractivity contribution in [1.29, 1.82) is 0 Å². The number of nitrogens with zero attached hydrogens (tertiary/aromatic N) is 3. The minimum Gasteiger partial charge on any atom is -0.370 e. The van der Waals surface area contributed by atoms with Gasteiger partial charge in [0.2, 0.25) is 5.95 Å². The molecule has 2 aromatic rings. The van der Waals surface area contributed by atoms with Crippen molar-refractivity contribution >= 4 is 23.4 Å². The number of ether oxygens (including phenoxy) is 1. The van der Waals surface area contributed by atoms with Crippen LogP contribution in [0.4, 0.5) is 24.9 Å². The molecule has 0 saturated carbocycles. The van der Waals surface area contributed by atoms with Crippen molar-refractivity contribution in [2.75, 3.05) is 30.3 Å². The highest BCUT2D eigenvalue weighted by Gasteiger charge is 2.31. The summed E-state index contributed by atoms with van der Waals surface area (Å²) in [6.07, 6.45) is -4.72. The summed E-state index contributed by atoms with van der Waals surface area (Å²) in [6, 6.07) is 6.55. The quantitative estimate of drug-likeness (QED) is 0.834. The molecule has 5 nitrogen and oxygen atoms in total. The molecule has 0 radical (unpaired) electrons. The van der Waals surface area contributed by atoms with Crippen molar-refractivity contribution in [3.8, 4) is 0 Å². The summed E-state index contributed by atoms with van der Waals surface area (Å²) >= 11 is 5.89. The van der Waals surface area contributed by atoms with Crippen LogP contribution in [0.15, 0.2) is 30.3 Å². The summed E-state index contributed by atoms with van der Waals surface area (Å²) in [5.74, 6) is 0.628. The Bertz CT molecular complexity index is 703. The highest BCUT2D eigenvalue weighted by Crippen LogP contribution is 2.31. The maximum atomic E-state index is 12.6. The van der Waals surface area contributed by atoms with E-state index in [1.165, 1.54) is 12.1 Å². The van der Waals surface area contributed by atoms with E-state index in [0.717, 1.165) is 12.1 Å². The summed E-state index contributed by atoms with van der Waals surface area (Å²) in [5, 5.41) is 0.232. The Morgan fingerprint density at radius 2 is 1.92 bits per heavy atom. The lowest BCUT2D eigenvalue weighted by Crippen LogP contribution is -2.39. The second-order valence-electron chi connectivity index (χ2n) is 5.33. The molecule has 9 heteroatoms. The van der Waals surface area contributed by atoms with Crippen LogP contribution in [0.25, 0.3) is 0 Å². The first-order chi connectivity index (χ1) is 11.3. The van der Waals surface area contributed by atoms with Gasteiger partial charge < -0.3 is 15.4 Å². The summed E-state index contributed by atoms with van der Waals surface area (Å²) in [4.78, 5) is 9.86. The first-order valence-electron chi connectivity index (χ1n) is 7.17. The van der Waals surface area contributed by atoms with Gasteiger partial charge in [-0.15, -0.1) is 0 Å². The number of benzene rings is 1. The van der Waals surface area contributed by atoms with E-state index in [0.29, 0.717) is 31.1 Å². The van der Waals surface area contributed by atoms with E-state index in [-0.39, 0.29) is 17.2 Å². The van der Waals surface area contributed by atoms with Crippen molar-refractivity contribution in [2.24, 2.45) is 0 Å². The Morgan fingerprint density at radius 1 is 1.21 bits per heavy atom. The van der Waals surface area contributed by atoms with Crippen molar-refractivity contribution in [3.05, 3.63) is 46.6 Å². The maximum Gasteiger partial charge on any atom is 0.416 e. The predicted molar refractivity (Wildman–Crippen MR) is 83.8 cm³/mol. The second kappa shape index (κ2) is 6.45. The van der Waals surface area contributed by atoms with Crippen LogP contribution >= 0.6 is 11.6 Å². The molecule has 1 fully saturated rings. The Hall–Kier alpha value is -2.06. The number of rotatable bonds is 2. The van der Waals surface area contributed by atoms with Gasteiger partial charge in [0.05, 0.1) is 12.2 Å². The van der Waals surface area contributed by atoms with Gasteiger partial charge in [-0.25, -0.2) is 4.98 Å². The van der Waals surface area contributed by atoms with Gasteiger partial charge in [-0.05, 0) is 17.7 Å². The lowest BCUT2D eigenvalue weighted by molar-refractivity contribution is -0.137. The number of nitrogens with two attached hydrogens (primary N) is 1. The molecule has 1 saturated heterocycles. The van der Waals surface area contributed by atoms with Crippen molar-refractivity contribution in [2.45, 2.75) is 12.3 Å². The molecular weight excluding hydrogens is 345 g/mol. The van der Waals surface area contributed by atoms with Gasteiger partial charge in [-0.3, -0.25) is 0 Å². The molecular formula is C15H14ClF3N4O. The van der Waals surface area contributed by atoms with Crippen LogP contribution in [-0.2, 0) is 10.9 Å². The fourth-order valence-corrected chi connectivity index (χ4v) is 2.71. The third-order valence-electron chi connectivity index (χ3n) is 3.70.